The van der Waals surface area contributed by atoms with Crippen LogP contribution < -0.4 is 5.32 Å². The summed E-state index contributed by atoms with van der Waals surface area (Å²) in [5.41, 5.74) is 4.71. The number of nitrogens with zero attached hydrogens (tertiary/aromatic N) is 1. The molecule has 1 N–H and O–H groups in total. The molecule has 0 unspecified atom stereocenters. The van der Waals surface area contributed by atoms with Gasteiger partial charge in [-0.25, -0.2) is 8.42 Å². The van der Waals surface area contributed by atoms with E-state index in [-0.39, 0.29) is 19.0 Å². The molecule has 0 atom stereocenters. The van der Waals surface area contributed by atoms with Crippen LogP contribution in [0, 0.1) is 13.8 Å². The van der Waals surface area contributed by atoms with E-state index in [1.807, 2.05) is 63.2 Å². The highest BCUT2D eigenvalue weighted by molar-refractivity contribution is 7.88. The summed E-state index contributed by atoms with van der Waals surface area (Å²) in [4.78, 5) is 12.5. The van der Waals surface area contributed by atoms with Crippen molar-refractivity contribution >= 4 is 21.6 Å². The van der Waals surface area contributed by atoms with Crippen LogP contribution in [0.25, 0.3) is 0 Å². The Bertz CT molecular complexity index is 874. The van der Waals surface area contributed by atoms with Crippen LogP contribution in [0.5, 0.6) is 0 Å². The number of nitrogens with one attached hydrogen (secondary N) is 1. The predicted octanol–water partition coefficient (Wildman–Crippen LogP) is 3.27. The molecule has 140 valence electrons. The molecule has 0 spiro atoms. The van der Waals surface area contributed by atoms with E-state index in [0.717, 1.165) is 40.6 Å². The topological polar surface area (TPSA) is 66.5 Å². The van der Waals surface area contributed by atoms with Gasteiger partial charge in [-0.2, -0.15) is 4.31 Å². The zero-order chi connectivity index (χ0) is 19.3. The molecule has 0 radical (unpaired) electrons. The lowest BCUT2D eigenvalue weighted by Gasteiger charge is -2.21. The summed E-state index contributed by atoms with van der Waals surface area (Å²) in [6.45, 7) is 5.87. The van der Waals surface area contributed by atoms with E-state index in [2.05, 4.69) is 5.32 Å². The Hall–Kier alpha value is -2.18. The summed E-state index contributed by atoms with van der Waals surface area (Å²) in [5.74, 6) is -0.341. The summed E-state index contributed by atoms with van der Waals surface area (Å²) in [5, 5.41) is 2.88. The molecule has 0 aliphatic rings. The number of anilines is 1. The van der Waals surface area contributed by atoms with E-state index in [9.17, 15) is 13.2 Å². The number of hydrogen-bond acceptors (Lipinski definition) is 3. The number of para-hydroxylation sites is 1. The van der Waals surface area contributed by atoms with Crippen molar-refractivity contribution in [2.75, 3.05) is 18.1 Å². The molecule has 0 heterocycles. The first kappa shape index (κ1) is 20.1. The Morgan fingerprint density at radius 2 is 1.73 bits per heavy atom. The van der Waals surface area contributed by atoms with E-state index in [4.69, 9.17) is 0 Å². The molecule has 0 aliphatic carbocycles. The molecule has 0 fully saturated rings. The monoisotopic (exact) mass is 374 g/mol. The minimum atomic E-state index is -3.51. The Morgan fingerprint density at radius 3 is 2.31 bits per heavy atom. The number of sulfonamides is 1. The first-order valence-corrected chi connectivity index (χ1v) is 10.4. The molecule has 0 aromatic heterocycles. The quantitative estimate of drug-likeness (QED) is 0.809. The standard InChI is InChI=1S/C20H26N2O3S/c1-5-18-8-6-7-16(3)20(18)21-19(23)14-22(26(4,24)25)13-17-11-9-15(2)10-12-17/h6-12H,5,13-14H2,1-4H3,(H,21,23). The molecular formula is C20H26N2O3S. The Labute approximate surface area is 156 Å². The minimum Gasteiger partial charge on any atom is -0.324 e. The number of carbonyl (C=O) groups excluding carboxylic acids is 1. The molecule has 2 aromatic carbocycles. The Morgan fingerprint density at radius 1 is 1.08 bits per heavy atom. The fraction of sp³-hybridized carbons (Fsp3) is 0.350. The van der Waals surface area contributed by atoms with Crippen LogP contribution in [0.15, 0.2) is 42.5 Å². The van der Waals surface area contributed by atoms with Gasteiger partial charge in [0, 0.05) is 12.2 Å². The first-order chi connectivity index (χ1) is 12.2. The van der Waals surface area contributed by atoms with Crippen molar-refractivity contribution in [1.29, 1.82) is 0 Å². The molecule has 1 amide bonds. The second-order valence-electron chi connectivity index (χ2n) is 6.53. The number of aryl methyl sites for hydroxylation is 3. The summed E-state index contributed by atoms with van der Waals surface area (Å²) in [7, 11) is -3.51. The van der Waals surface area contributed by atoms with Crippen LogP contribution in [0.2, 0.25) is 0 Å². The average molecular weight is 375 g/mol. The SMILES string of the molecule is CCc1cccc(C)c1NC(=O)CN(Cc1ccc(C)cc1)S(C)(=O)=O. The third kappa shape index (κ3) is 5.41. The van der Waals surface area contributed by atoms with E-state index in [1.165, 1.54) is 4.31 Å². The minimum absolute atomic E-state index is 0.168. The van der Waals surface area contributed by atoms with Gasteiger partial charge < -0.3 is 5.32 Å². The van der Waals surface area contributed by atoms with Crippen LogP contribution in [-0.4, -0.2) is 31.4 Å². The number of rotatable bonds is 7. The van der Waals surface area contributed by atoms with Gasteiger partial charge in [0.2, 0.25) is 15.9 Å². The van der Waals surface area contributed by atoms with Crippen LogP contribution in [0.1, 0.15) is 29.2 Å². The summed E-state index contributed by atoms with van der Waals surface area (Å²) < 4.78 is 25.4. The lowest BCUT2D eigenvalue weighted by atomic mass is 10.1. The van der Waals surface area contributed by atoms with E-state index >= 15 is 0 Å². The number of carbonyl (C=O) groups is 1. The highest BCUT2D eigenvalue weighted by atomic mass is 32.2. The van der Waals surface area contributed by atoms with E-state index in [0.29, 0.717) is 0 Å². The van der Waals surface area contributed by atoms with Gasteiger partial charge in [0.25, 0.3) is 0 Å². The molecule has 2 aromatic rings. The Kier molecular flexibility index (Phi) is 6.56. The second-order valence-corrected chi connectivity index (χ2v) is 8.51. The van der Waals surface area contributed by atoms with Crippen molar-refractivity contribution in [3.63, 3.8) is 0 Å². The summed E-state index contributed by atoms with van der Waals surface area (Å²) in [6, 6.07) is 13.4. The van der Waals surface area contributed by atoms with Gasteiger partial charge in [-0.15, -0.1) is 0 Å². The third-order valence-corrected chi connectivity index (χ3v) is 5.47. The van der Waals surface area contributed by atoms with Crippen LogP contribution >= 0.6 is 0 Å². The van der Waals surface area contributed by atoms with Gasteiger partial charge in [-0.3, -0.25) is 4.79 Å². The fourth-order valence-corrected chi connectivity index (χ4v) is 3.46. The summed E-state index contributed by atoms with van der Waals surface area (Å²) >= 11 is 0. The maximum absolute atomic E-state index is 12.5. The normalized spacial score (nSPS) is 11.6. The van der Waals surface area contributed by atoms with Crippen molar-refractivity contribution in [3.8, 4) is 0 Å². The molecule has 0 saturated heterocycles. The lowest BCUT2D eigenvalue weighted by molar-refractivity contribution is -0.116. The molecule has 6 heteroatoms. The molecule has 26 heavy (non-hydrogen) atoms. The second kappa shape index (κ2) is 8.47. The Balaban J connectivity index is 2.16. The third-order valence-electron chi connectivity index (χ3n) is 4.27. The van der Waals surface area contributed by atoms with Gasteiger partial charge in [0.05, 0.1) is 12.8 Å². The van der Waals surface area contributed by atoms with Gasteiger partial charge in [-0.05, 0) is 37.0 Å². The fourth-order valence-electron chi connectivity index (χ4n) is 2.73. The largest absolute Gasteiger partial charge is 0.324 e. The zero-order valence-corrected chi connectivity index (χ0v) is 16.6. The molecule has 0 bridgehead atoms. The van der Waals surface area contributed by atoms with Crippen LogP contribution in [0.4, 0.5) is 5.69 Å². The van der Waals surface area contributed by atoms with Crippen molar-refractivity contribution in [3.05, 3.63) is 64.7 Å². The van der Waals surface area contributed by atoms with Gasteiger partial charge in [0.15, 0.2) is 0 Å². The van der Waals surface area contributed by atoms with Crippen molar-refractivity contribution in [2.45, 2.75) is 33.7 Å². The number of benzene rings is 2. The van der Waals surface area contributed by atoms with E-state index < -0.39 is 10.0 Å². The van der Waals surface area contributed by atoms with Gasteiger partial charge >= 0.3 is 0 Å². The summed E-state index contributed by atoms with van der Waals surface area (Å²) in [6.07, 6.45) is 1.91. The first-order valence-electron chi connectivity index (χ1n) is 8.59. The lowest BCUT2D eigenvalue weighted by Crippen LogP contribution is -2.37. The maximum atomic E-state index is 12.5. The average Bonchev–Trinajstić information content (AvgIpc) is 2.57. The predicted molar refractivity (Wildman–Crippen MR) is 106 cm³/mol. The number of hydrogen-bond donors (Lipinski definition) is 1. The van der Waals surface area contributed by atoms with Gasteiger partial charge in [0.1, 0.15) is 0 Å². The zero-order valence-electron chi connectivity index (χ0n) is 15.7. The molecule has 0 aliphatic heterocycles. The van der Waals surface area contributed by atoms with Crippen molar-refractivity contribution in [1.82, 2.24) is 4.31 Å². The maximum Gasteiger partial charge on any atom is 0.239 e. The highest BCUT2D eigenvalue weighted by Crippen LogP contribution is 2.21. The molecule has 2 rings (SSSR count). The van der Waals surface area contributed by atoms with Crippen molar-refractivity contribution in [2.24, 2.45) is 0 Å². The van der Waals surface area contributed by atoms with Crippen LogP contribution in [-0.2, 0) is 27.8 Å². The highest BCUT2D eigenvalue weighted by Gasteiger charge is 2.21. The van der Waals surface area contributed by atoms with Crippen LogP contribution in [0.3, 0.4) is 0 Å². The van der Waals surface area contributed by atoms with Gasteiger partial charge in [-0.1, -0.05) is 55.0 Å². The molecule has 5 nitrogen and oxygen atoms in total. The molecular weight excluding hydrogens is 348 g/mol. The molecule has 0 saturated carbocycles. The smallest absolute Gasteiger partial charge is 0.239 e. The number of amides is 1. The van der Waals surface area contributed by atoms with E-state index in [1.54, 1.807) is 0 Å². The van der Waals surface area contributed by atoms with Crippen molar-refractivity contribution < 1.29 is 13.2 Å².